The van der Waals surface area contributed by atoms with Crippen LogP contribution in [0.25, 0.3) is 6.08 Å². The van der Waals surface area contributed by atoms with E-state index in [2.05, 4.69) is 6.92 Å². The second kappa shape index (κ2) is 9.19. The Balaban J connectivity index is 1.85. The molecule has 4 nitrogen and oxygen atoms in total. The van der Waals surface area contributed by atoms with Crippen LogP contribution < -0.4 is 0 Å². The van der Waals surface area contributed by atoms with E-state index in [4.69, 9.17) is 10.00 Å². The minimum absolute atomic E-state index is 0.233. The number of rotatable bonds is 7. The molecule has 0 aliphatic heterocycles. The van der Waals surface area contributed by atoms with Gasteiger partial charge in [-0.05, 0) is 35.8 Å². The quantitative estimate of drug-likeness (QED) is 0.437. The fraction of sp³-hybridized carbons (Fsp3) is 0.190. The zero-order chi connectivity index (χ0) is 18.1. The van der Waals surface area contributed by atoms with Gasteiger partial charge >= 0.3 is 5.97 Å². The number of nitrogens with zero attached hydrogens (tertiary/aromatic N) is 1. The molecule has 0 saturated carbocycles. The first-order chi connectivity index (χ1) is 12.1. The van der Waals surface area contributed by atoms with Gasteiger partial charge in [0.1, 0.15) is 0 Å². The van der Waals surface area contributed by atoms with Gasteiger partial charge < -0.3 is 4.74 Å². The van der Waals surface area contributed by atoms with Gasteiger partial charge in [0.25, 0.3) is 0 Å². The Bertz CT molecular complexity index is 797. The third-order valence-corrected chi connectivity index (χ3v) is 3.61. The number of Topliss-reactive ketones (excluding diaryl/α,β-unsaturated/α-hetero) is 1. The van der Waals surface area contributed by atoms with Crippen LogP contribution >= 0.6 is 0 Å². The summed E-state index contributed by atoms with van der Waals surface area (Å²) in [6.45, 7) is 1.81. The Kier molecular flexibility index (Phi) is 6.67. The molecule has 0 aliphatic rings. The summed E-state index contributed by atoms with van der Waals surface area (Å²) in [5, 5.41) is 8.73. The van der Waals surface area contributed by atoms with Crippen LogP contribution in [0.15, 0.2) is 54.6 Å². The number of nitriles is 1. The Morgan fingerprint density at radius 2 is 1.76 bits per heavy atom. The van der Waals surface area contributed by atoms with E-state index in [9.17, 15) is 9.59 Å². The van der Waals surface area contributed by atoms with Crippen molar-refractivity contribution in [2.24, 2.45) is 0 Å². The van der Waals surface area contributed by atoms with Crippen molar-refractivity contribution >= 4 is 17.8 Å². The van der Waals surface area contributed by atoms with Gasteiger partial charge in [-0.2, -0.15) is 5.26 Å². The van der Waals surface area contributed by atoms with Crippen molar-refractivity contribution in [1.82, 2.24) is 0 Å². The highest BCUT2D eigenvalue weighted by Crippen LogP contribution is 2.08. The third-order valence-electron chi connectivity index (χ3n) is 3.61. The van der Waals surface area contributed by atoms with E-state index in [-0.39, 0.29) is 12.4 Å². The monoisotopic (exact) mass is 333 g/mol. The number of ketones is 1. The number of esters is 1. The van der Waals surface area contributed by atoms with E-state index >= 15 is 0 Å². The Hall–Kier alpha value is -3.19. The molecule has 126 valence electrons. The molecule has 4 heteroatoms. The molecular formula is C21H19NO3. The maximum Gasteiger partial charge on any atom is 0.331 e. The summed E-state index contributed by atoms with van der Waals surface area (Å²) in [4.78, 5) is 23.7. The van der Waals surface area contributed by atoms with Gasteiger partial charge in [0.2, 0.25) is 0 Å². The molecule has 0 heterocycles. The van der Waals surface area contributed by atoms with Gasteiger partial charge in [-0.3, -0.25) is 4.79 Å². The first-order valence-electron chi connectivity index (χ1n) is 8.09. The molecule has 0 atom stereocenters. The maximum atomic E-state index is 12.0. The molecule has 0 bridgehead atoms. The van der Waals surface area contributed by atoms with E-state index in [1.54, 1.807) is 42.5 Å². The number of aryl methyl sites for hydroxylation is 1. The van der Waals surface area contributed by atoms with Crippen molar-refractivity contribution in [3.63, 3.8) is 0 Å². The highest BCUT2D eigenvalue weighted by atomic mass is 16.5. The van der Waals surface area contributed by atoms with Gasteiger partial charge in [0, 0.05) is 11.6 Å². The highest BCUT2D eigenvalue weighted by Gasteiger charge is 2.08. The molecule has 2 aromatic rings. The third kappa shape index (κ3) is 5.74. The molecule has 0 aromatic heterocycles. The Morgan fingerprint density at radius 3 is 2.36 bits per heavy atom. The summed E-state index contributed by atoms with van der Waals surface area (Å²) >= 11 is 0. The zero-order valence-electron chi connectivity index (χ0n) is 14.1. The molecule has 0 fully saturated rings. The second-order valence-electron chi connectivity index (χ2n) is 5.54. The van der Waals surface area contributed by atoms with Gasteiger partial charge in [-0.15, -0.1) is 0 Å². The highest BCUT2D eigenvalue weighted by molar-refractivity contribution is 5.98. The fourth-order valence-electron chi connectivity index (χ4n) is 2.25. The molecule has 0 unspecified atom stereocenters. The smallest absolute Gasteiger partial charge is 0.331 e. The van der Waals surface area contributed by atoms with Gasteiger partial charge in [0.05, 0.1) is 11.6 Å². The van der Waals surface area contributed by atoms with E-state index in [1.165, 1.54) is 11.6 Å². The van der Waals surface area contributed by atoms with Crippen LogP contribution in [0.4, 0.5) is 0 Å². The predicted octanol–water partition coefficient (Wildman–Crippen LogP) is 3.95. The Labute approximate surface area is 147 Å². The number of benzene rings is 2. The van der Waals surface area contributed by atoms with Crippen LogP contribution in [-0.2, 0) is 16.0 Å². The summed E-state index contributed by atoms with van der Waals surface area (Å²) < 4.78 is 4.97. The van der Waals surface area contributed by atoms with Crippen molar-refractivity contribution in [3.05, 3.63) is 76.9 Å². The summed E-state index contributed by atoms with van der Waals surface area (Å²) in [5.74, 6) is -0.816. The number of hydrogen-bond donors (Lipinski definition) is 0. The minimum Gasteiger partial charge on any atom is -0.454 e. The molecule has 0 amide bonds. The van der Waals surface area contributed by atoms with E-state index in [1.807, 2.05) is 18.2 Å². The van der Waals surface area contributed by atoms with Crippen molar-refractivity contribution in [1.29, 1.82) is 5.26 Å². The molecule has 0 radical (unpaired) electrons. The van der Waals surface area contributed by atoms with E-state index in [0.29, 0.717) is 11.1 Å². The summed E-state index contributed by atoms with van der Waals surface area (Å²) in [6, 6.07) is 16.2. The van der Waals surface area contributed by atoms with Gasteiger partial charge in [0.15, 0.2) is 12.4 Å². The molecule has 2 aromatic carbocycles. The van der Waals surface area contributed by atoms with Gasteiger partial charge in [-0.1, -0.05) is 49.7 Å². The lowest BCUT2D eigenvalue weighted by Crippen LogP contribution is -2.12. The molecule has 0 N–H and O–H groups in total. The second-order valence-corrected chi connectivity index (χ2v) is 5.54. The average molecular weight is 333 g/mol. The van der Waals surface area contributed by atoms with Crippen molar-refractivity contribution < 1.29 is 14.3 Å². The van der Waals surface area contributed by atoms with Gasteiger partial charge in [-0.25, -0.2) is 4.79 Å². The summed E-state index contributed by atoms with van der Waals surface area (Å²) in [7, 11) is 0. The molecule has 2 rings (SSSR count). The van der Waals surface area contributed by atoms with E-state index in [0.717, 1.165) is 18.4 Å². The molecule has 0 aliphatic carbocycles. The standard InChI is InChI=1S/C21H19NO3/c1-2-3-16-8-11-19(12-9-16)20(23)15-25-21(24)13-10-17-4-6-18(14-22)7-5-17/h4-13H,2-3,15H2,1H3/b13-10+. The number of carbonyl (C=O) groups is 2. The summed E-state index contributed by atoms with van der Waals surface area (Å²) in [5.41, 5.74) is 3.04. The zero-order valence-corrected chi connectivity index (χ0v) is 14.1. The van der Waals surface area contributed by atoms with Crippen LogP contribution in [0.1, 0.15) is 40.4 Å². The van der Waals surface area contributed by atoms with Crippen molar-refractivity contribution in [2.45, 2.75) is 19.8 Å². The van der Waals surface area contributed by atoms with Crippen LogP contribution in [0.2, 0.25) is 0 Å². The molecule has 25 heavy (non-hydrogen) atoms. The minimum atomic E-state index is -0.583. The van der Waals surface area contributed by atoms with Crippen LogP contribution in [0.3, 0.4) is 0 Å². The van der Waals surface area contributed by atoms with Crippen LogP contribution in [-0.4, -0.2) is 18.4 Å². The van der Waals surface area contributed by atoms with Crippen LogP contribution in [0, 0.1) is 11.3 Å². The average Bonchev–Trinajstić information content (AvgIpc) is 2.65. The van der Waals surface area contributed by atoms with Crippen molar-refractivity contribution in [3.8, 4) is 6.07 Å². The molecule has 0 spiro atoms. The number of ether oxygens (including phenoxy) is 1. The summed E-state index contributed by atoms with van der Waals surface area (Å²) in [6.07, 6.45) is 4.87. The number of carbonyl (C=O) groups excluding carboxylic acids is 2. The normalized spacial score (nSPS) is 10.4. The largest absolute Gasteiger partial charge is 0.454 e. The topological polar surface area (TPSA) is 67.2 Å². The molecule has 0 saturated heterocycles. The lowest BCUT2D eigenvalue weighted by atomic mass is 10.1. The molecular weight excluding hydrogens is 314 g/mol. The van der Waals surface area contributed by atoms with Crippen molar-refractivity contribution in [2.75, 3.05) is 6.61 Å². The predicted molar refractivity (Wildman–Crippen MR) is 95.9 cm³/mol. The maximum absolute atomic E-state index is 12.0. The lowest BCUT2D eigenvalue weighted by molar-refractivity contribution is -0.136. The van der Waals surface area contributed by atoms with Crippen LogP contribution in [0.5, 0.6) is 0 Å². The number of hydrogen-bond acceptors (Lipinski definition) is 4. The first kappa shape index (κ1) is 18.2. The lowest BCUT2D eigenvalue weighted by Gasteiger charge is -2.03. The van der Waals surface area contributed by atoms with E-state index < -0.39 is 5.97 Å². The SMILES string of the molecule is CCCc1ccc(C(=O)COC(=O)/C=C/c2ccc(C#N)cc2)cc1. The first-order valence-corrected chi connectivity index (χ1v) is 8.09. The fourth-order valence-corrected chi connectivity index (χ4v) is 2.25. The Morgan fingerprint density at radius 1 is 1.08 bits per heavy atom.